The Morgan fingerprint density at radius 1 is 0.938 bits per heavy atom. The number of hydrogen-bond acceptors (Lipinski definition) is 0. The Kier molecular flexibility index (Phi) is 3.30. The van der Waals surface area contributed by atoms with Crippen molar-refractivity contribution >= 4 is 5.83 Å². The van der Waals surface area contributed by atoms with E-state index in [1.165, 1.54) is 18.2 Å². The summed E-state index contributed by atoms with van der Waals surface area (Å²) in [5.41, 5.74) is -0.327. The molecule has 0 aliphatic heterocycles. The van der Waals surface area contributed by atoms with Gasteiger partial charge in [-0.3, -0.25) is 0 Å². The Bertz CT molecular complexity index is 376. The van der Waals surface area contributed by atoms with Crippen LogP contribution in [0, 0.1) is 0 Å². The van der Waals surface area contributed by atoms with Crippen molar-refractivity contribution in [2.45, 2.75) is 12.1 Å². The first-order valence-electron chi connectivity index (χ1n) is 4.12. The van der Waals surface area contributed by atoms with Gasteiger partial charge in [-0.15, -0.1) is 0 Å². The van der Waals surface area contributed by atoms with E-state index in [9.17, 15) is 26.3 Å². The van der Waals surface area contributed by atoms with Crippen LogP contribution < -0.4 is 0 Å². The van der Waals surface area contributed by atoms with Crippen LogP contribution in [-0.4, -0.2) is 12.1 Å². The van der Waals surface area contributed by atoms with Crippen LogP contribution >= 0.6 is 0 Å². The van der Waals surface area contributed by atoms with Crippen molar-refractivity contribution in [3.05, 3.63) is 42.0 Å². The molecule has 0 saturated heterocycles. The highest BCUT2D eigenvalue weighted by Crippen LogP contribution is 2.38. The van der Waals surface area contributed by atoms with E-state index in [4.69, 9.17) is 0 Å². The van der Waals surface area contributed by atoms with Gasteiger partial charge in [0.15, 0.2) is 0 Å². The Balaban J connectivity index is 3.03. The average Bonchev–Trinajstić information content (AvgIpc) is 2.16. The number of hydrogen-bond donors (Lipinski definition) is 0. The number of benzene rings is 1. The van der Waals surface area contributed by atoms with Gasteiger partial charge < -0.3 is 0 Å². The molecule has 1 aromatic rings. The summed E-state index contributed by atoms with van der Waals surface area (Å²) in [6.45, 7) is 0. The topological polar surface area (TPSA) is 0 Å². The Morgan fingerprint density at radius 3 is 1.88 bits per heavy atom. The lowest BCUT2D eigenvalue weighted by Crippen LogP contribution is -2.34. The van der Waals surface area contributed by atoms with E-state index in [0.29, 0.717) is 0 Å². The van der Waals surface area contributed by atoms with E-state index in [1.807, 2.05) is 0 Å². The minimum atomic E-state index is -5.79. The molecule has 0 unspecified atom stereocenters. The van der Waals surface area contributed by atoms with Crippen LogP contribution in [-0.2, 0) is 0 Å². The zero-order chi connectivity index (χ0) is 12.4. The molecule has 0 fully saturated rings. The van der Waals surface area contributed by atoms with E-state index in [-0.39, 0.29) is 5.56 Å². The monoisotopic (exact) mass is 240 g/mol. The fraction of sp³-hybridized carbons (Fsp3) is 0.200. The minimum Gasteiger partial charge on any atom is -0.206 e. The van der Waals surface area contributed by atoms with Crippen LogP contribution in [0.2, 0.25) is 0 Å². The van der Waals surface area contributed by atoms with Crippen molar-refractivity contribution < 1.29 is 26.3 Å². The van der Waals surface area contributed by atoms with Gasteiger partial charge in [-0.2, -0.15) is 22.0 Å². The predicted octanol–water partition coefficient (Wildman–Crippen LogP) is 4.19. The highest BCUT2D eigenvalue weighted by atomic mass is 19.4. The van der Waals surface area contributed by atoms with Gasteiger partial charge in [-0.1, -0.05) is 30.3 Å². The summed E-state index contributed by atoms with van der Waals surface area (Å²) >= 11 is 0. The van der Waals surface area contributed by atoms with Gasteiger partial charge in [0, 0.05) is 11.6 Å². The number of rotatable bonds is 2. The van der Waals surface area contributed by atoms with E-state index < -0.39 is 24.0 Å². The van der Waals surface area contributed by atoms with E-state index >= 15 is 0 Å². The minimum absolute atomic E-state index is 0.327. The van der Waals surface area contributed by atoms with Crippen molar-refractivity contribution in [2.24, 2.45) is 0 Å². The SMILES string of the molecule is F/C(=C\C(F)(F)C(F)(F)F)c1ccccc1. The van der Waals surface area contributed by atoms with Crippen molar-refractivity contribution in [1.29, 1.82) is 0 Å². The third-order valence-electron chi connectivity index (χ3n) is 1.74. The van der Waals surface area contributed by atoms with E-state index in [1.54, 1.807) is 0 Å². The molecule has 0 heterocycles. The number of allylic oxidation sites excluding steroid dienone is 1. The molecular formula is C10H6F6. The average molecular weight is 240 g/mol. The van der Waals surface area contributed by atoms with Gasteiger partial charge in [0.25, 0.3) is 0 Å². The van der Waals surface area contributed by atoms with Crippen LogP contribution in [0.1, 0.15) is 5.56 Å². The third kappa shape index (κ3) is 2.77. The summed E-state index contributed by atoms with van der Waals surface area (Å²) in [6, 6.07) is 6.33. The quantitative estimate of drug-likeness (QED) is 0.680. The summed E-state index contributed by atoms with van der Waals surface area (Å²) < 4.78 is 73.1. The second kappa shape index (κ2) is 4.19. The summed E-state index contributed by atoms with van der Waals surface area (Å²) in [4.78, 5) is 0. The second-order valence-corrected chi connectivity index (χ2v) is 2.98. The molecule has 16 heavy (non-hydrogen) atoms. The molecule has 0 N–H and O–H groups in total. The fourth-order valence-electron chi connectivity index (χ4n) is 0.922. The number of halogens is 6. The molecule has 6 heteroatoms. The van der Waals surface area contributed by atoms with Gasteiger partial charge in [-0.05, 0) is 0 Å². The Labute approximate surface area is 87.2 Å². The second-order valence-electron chi connectivity index (χ2n) is 2.98. The first kappa shape index (κ1) is 12.6. The maximum Gasteiger partial charge on any atom is 0.457 e. The zero-order valence-electron chi connectivity index (χ0n) is 7.73. The molecule has 1 rings (SSSR count). The first-order valence-corrected chi connectivity index (χ1v) is 4.12. The van der Waals surface area contributed by atoms with Crippen LogP contribution in [0.4, 0.5) is 26.3 Å². The van der Waals surface area contributed by atoms with Crippen LogP contribution in [0.3, 0.4) is 0 Å². The molecule has 0 saturated carbocycles. The Morgan fingerprint density at radius 2 is 1.44 bits per heavy atom. The van der Waals surface area contributed by atoms with Crippen molar-refractivity contribution in [3.8, 4) is 0 Å². The van der Waals surface area contributed by atoms with Crippen molar-refractivity contribution in [1.82, 2.24) is 0 Å². The van der Waals surface area contributed by atoms with Crippen molar-refractivity contribution in [2.75, 3.05) is 0 Å². The van der Waals surface area contributed by atoms with Gasteiger partial charge >= 0.3 is 12.1 Å². The highest BCUT2D eigenvalue weighted by Gasteiger charge is 2.56. The molecule has 0 atom stereocenters. The normalized spacial score (nSPS) is 14.0. The molecule has 0 bridgehead atoms. The van der Waals surface area contributed by atoms with Gasteiger partial charge in [-0.25, -0.2) is 4.39 Å². The number of alkyl halides is 5. The molecule has 0 aliphatic rings. The smallest absolute Gasteiger partial charge is 0.206 e. The predicted molar refractivity (Wildman–Crippen MR) is 46.5 cm³/mol. The molecule has 0 spiro atoms. The van der Waals surface area contributed by atoms with Gasteiger partial charge in [0.1, 0.15) is 5.83 Å². The molecule has 1 aromatic carbocycles. The van der Waals surface area contributed by atoms with Gasteiger partial charge in [0.2, 0.25) is 0 Å². The molecule has 88 valence electrons. The molecule has 0 nitrogen and oxygen atoms in total. The Hall–Kier alpha value is -1.46. The molecule has 0 aromatic heterocycles. The van der Waals surface area contributed by atoms with Crippen LogP contribution in [0.25, 0.3) is 5.83 Å². The highest BCUT2D eigenvalue weighted by molar-refractivity contribution is 5.59. The molecule has 0 radical (unpaired) electrons. The zero-order valence-corrected chi connectivity index (χ0v) is 7.73. The third-order valence-corrected chi connectivity index (χ3v) is 1.74. The lowest BCUT2D eigenvalue weighted by molar-refractivity contribution is -0.259. The van der Waals surface area contributed by atoms with Crippen molar-refractivity contribution in [3.63, 3.8) is 0 Å². The fourth-order valence-corrected chi connectivity index (χ4v) is 0.922. The summed E-state index contributed by atoms with van der Waals surface area (Å²) in [6.07, 6.45) is -6.53. The first-order chi connectivity index (χ1) is 7.24. The summed E-state index contributed by atoms with van der Waals surface area (Å²) in [5, 5.41) is 0. The maximum atomic E-state index is 13.0. The van der Waals surface area contributed by atoms with Crippen LogP contribution in [0.15, 0.2) is 36.4 Å². The summed E-state index contributed by atoms with van der Waals surface area (Å²) in [7, 11) is 0. The van der Waals surface area contributed by atoms with E-state index in [0.717, 1.165) is 12.1 Å². The van der Waals surface area contributed by atoms with Crippen LogP contribution in [0.5, 0.6) is 0 Å². The maximum absolute atomic E-state index is 13.0. The van der Waals surface area contributed by atoms with Gasteiger partial charge in [0.05, 0.1) is 0 Å². The summed E-state index contributed by atoms with van der Waals surface area (Å²) in [5.74, 6) is -6.78. The standard InChI is InChI=1S/C10H6F6/c11-8(7-4-2-1-3-5-7)6-9(12,13)10(14,15)16/h1-6H/b8-6-. The van der Waals surface area contributed by atoms with E-state index in [2.05, 4.69) is 0 Å². The lowest BCUT2D eigenvalue weighted by Gasteiger charge is -2.15. The molecule has 0 amide bonds. The lowest BCUT2D eigenvalue weighted by atomic mass is 10.1. The molecular weight excluding hydrogens is 234 g/mol. The molecule has 0 aliphatic carbocycles. The largest absolute Gasteiger partial charge is 0.457 e.